The molecule has 4 aliphatic rings. The molecule has 7 rings (SSSR count). The van der Waals surface area contributed by atoms with Crippen LogP contribution in [0.15, 0.2) is 89.4 Å². The van der Waals surface area contributed by atoms with Gasteiger partial charge >= 0.3 is 12.1 Å². The van der Waals surface area contributed by atoms with Gasteiger partial charge in [-0.15, -0.1) is 0 Å². The van der Waals surface area contributed by atoms with Crippen molar-refractivity contribution in [2.75, 3.05) is 57.8 Å². The van der Waals surface area contributed by atoms with E-state index in [0.29, 0.717) is 36.6 Å². The Bertz CT molecular complexity index is 1930. The number of aliphatic imine (C=N–C) groups is 1. The van der Waals surface area contributed by atoms with E-state index in [1.807, 2.05) is 42.5 Å². The molecule has 282 valence electrons. The second-order valence-electron chi connectivity index (χ2n) is 15.0. The molecule has 0 saturated carbocycles. The summed E-state index contributed by atoms with van der Waals surface area (Å²) < 4.78 is 26.8. The Balaban J connectivity index is 1.05. The van der Waals surface area contributed by atoms with E-state index in [9.17, 15) is 14.9 Å². The molecule has 3 aliphatic heterocycles. The molecule has 0 spiro atoms. The van der Waals surface area contributed by atoms with E-state index in [-0.39, 0.29) is 30.4 Å². The van der Waals surface area contributed by atoms with Gasteiger partial charge in [0.1, 0.15) is 18.5 Å². The van der Waals surface area contributed by atoms with Gasteiger partial charge in [0.2, 0.25) is 0 Å². The molecule has 0 radical (unpaired) electrons. The standard InChI is InChI=1S/C43H49FN6O4/c1-3-40-47-23-31-19-37(39(20-31)54-42(52)46-2)43(28-48-40,34-10-7-11-35(44)21-34)33-14-16-49(17-15-33)24-32-25-50(26-32)38-13-12-30(22-45)18-36(38)41(51)53-27-29-8-5-4-6-9-29/h4-13,18-19,21,32-33,37,39H,3,14-17,20,23-28H2,1-2H3,(H,46,52)(H,47,48)/t37-,39-,43-/m0/s1. The lowest BCUT2D eigenvalue weighted by Gasteiger charge is -2.51. The summed E-state index contributed by atoms with van der Waals surface area (Å²) in [4.78, 5) is 35.5. The molecule has 3 aromatic rings. The minimum Gasteiger partial charge on any atom is -0.457 e. The number of benzene rings is 3. The Morgan fingerprint density at radius 2 is 1.87 bits per heavy atom. The van der Waals surface area contributed by atoms with E-state index in [4.69, 9.17) is 14.5 Å². The van der Waals surface area contributed by atoms with E-state index in [1.165, 1.54) is 6.07 Å². The quantitative estimate of drug-likeness (QED) is 0.186. The maximum Gasteiger partial charge on any atom is 0.407 e. The molecule has 3 aromatic carbocycles. The van der Waals surface area contributed by atoms with Gasteiger partial charge in [0, 0.05) is 63.3 Å². The first-order chi connectivity index (χ1) is 26.3. The number of amides is 1. The molecule has 54 heavy (non-hydrogen) atoms. The summed E-state index contributed by atoms with van der Waals surface area (Å²) in [7, 11) is 1.57. The molecule has 2 bridgehead atoms. The molecule has 1 amide bonds. The third kappa shape index (κ3) is 7.85. The number of nitrogens with one attached hydrogen (secondary N) is 2. The number of hydrogen-bond acceptors (Lipinski definition) is 9. The number of hydrogen-bond donors (Lipinski definition) is 2. The Morgan fingerprint density at radius 1 is 1.07 bits per heavy atom. The van der Waals surface area contributed by atoms with Crippen LogP contribution < -0.4 is 15.5 Å². The summed E-state index contributed by atoms with van der Waals surface area (Å²) in [6.07, 6.45) is 4.62. The first kappa shape index (κ1) is 37.1. The van der Waals surface area contributed by atoms with Gasteiger partial charge < -0.3 is 29.9 Å². The highest BCUT2D eigenvalue weighted by atomic mass is 19.1. The minimum atomic E-state index is -0.538. The lowest BCUT2D eigenvalue weighted by molar-refractivity contribution is 0.0220. The first-order valence-electron chi connectivity index (χ1n) is 19.1. The largest absolute Gasteiger partial charge is 0.457 e. The van der Waals surface area contributed by atoms with E-state index < -0.39 is 17.5 Å². The molecule has 2 fully saturated rings. The van der Waals surface area contributed by atoms with Gasteiger partial charge in [0.05, 0.1) is 35.3 Å². The van der Waals surface area contributed by atoms with Crippen LogP contribution in [0.1, 0.15) is 59.7 Å². The van der Waals surface area contributed by atoms with Crippen molar-refractivity contribution in [2.24, 2.45) is 22.7 Å². The molecule has 2 saturated heterocycles. The summed E-state index contributed by atoms with van der Waals surface area (Å²) in [5.74, 6) is 0.689. The van der Waals surface area contributed by atoms with Crippen molar-refractivity contribution in [3.05, 3.63) is 113 Å². The number of ether oxygens (including phenoxy) is 2. The smallest absolute Gasteiger partial charge is 0.407 e. The van der Waals surface area contributed by atoms with Gasteiger partial charge in [-0.05, 0) is 78.9 Å². The van der Waals surface area contributed by atoms with Crippen molar-refractivity contribution in [3.8, 4) is 6.07 Å². The third-order valence-corrected chi connectivity index (χ3v) is 11.8. The van der Waals surface area contributed by atoms with Gasteiger partial charge in [0.25, 0.3) is 0 Å². The molecule has 10 nitrogen and oxygen atoms in total. The number of alkyl carbamates (subject to hydrolysis) is 1. The summed E-state index contributed by atoms with van der Waals surface area (Å²) in [5.41, 5.74) is 4.06. The van der Waals surface area contributed by atoms with Gasteiger partial charge in [-0.2, -0.15) is 5.26 Å². The average Bonchev–Trinajstić information content (AvgIpc) is 3.62. The van der Waals surface area contributed by atoms with Gasteiger partial charge in [-0.1, -0.05) is 55.5 Å². The lowest BCUT2D eigenvalue weighted by Crippen LogP contribution is -2.57. The Labute approximate surface area is 317 Å². The summed E-state index contributed by atoms with van der Waals surface area (Å²) in [6, 6.07) is 24.0. The number of esters is 1. The highest BCUT2D eigenvalue weighted by Gasteiger charge is 2.53. The Hall–Kier alpha value is -5.21. The van der Waals surface area contributed by atoms with Crippen molar-refractivity contribution in [3.63, 3.8) is 0 Å². The summed E-state index contributed by atoms with van der Waals surface area (Å²) >= 11 is 0. The molecule has 3 heterocycles. The number of carbonyl (C=O) groups is 2. The fraction of sp³-hybridized carbons (Fsp3) is 0.442. The molecule has 0 unspecified atom stereocenters. The maximum atomic E-state index is 15.1. The number of nitriles is 1. The van der Waals surface area contributed by atoms with Crippen molar-refractivity contribution in [2.45, 2.75) is 50.7 Å². The molecule has 3 atom stereocenters. The van der Waals surface area contributed by atoms with Crippen LogP contribution in [0.5, 0.6) is 0 Å². The predicted molar refractivity (Wildman–Crippen MR) is 206 cm³/mol. The minimum absolute atomic E-state index is 0.150. The molecular formula is C43H49FN6O4. The monoisotopic (exact) mass is 732 g/mol. The highest BCUT2D eigenvalue weighted by Crippen LogP contribution is 2.50. The van der Waals surface area contributed by atoms with Crippen LogP contribution in [0.25, 0.3) is 0 Å². The number of anilines is 1. The van der Waals surface area contributed by atoms with Crippen LogP contribution in [0, 0.1) is 34.9 Å². The maximum absolute atomic E-state index is 15.1. The number of fused-ring (bicyclic) bond motifs is 1. The molecule has 0 aromatic heterocycles. The van der Waals surface area contributed by atoms with Crippen LogP contribution in [-0.4, -0.2) is 81.8 Å². The number of rotatable bonds is 10. The zero-order valence-electron chi connectivity index (χ0n) is 31.1. The van der Waals surface area contributed by atoms with Crippen LogP contribution in [0.2, 0.25) is 0 Å². The predicted octanol–water partition coefficient (Wildman–Crippen LogP) is 6.22. The van der Waals surface area contributed by atoms with Gasteiger partial charge in [-0.25, -0.2) is 14.0 Å². The molecule has 1 aliphatic carbocycles. The second-order valence-corrected chi connectivity index (χ2v) is 15.0. The zero-order valence-corrected chi connectivity index (χ0v) is 31.1. The fourth-order valence-electron chi connectivity index (χ4n) is 9.03. The van der Waals surface area contributed by atoms with Crippen LogP contribution in [0.3, 0.4) is 0 Å². The van der Waals surface area contributed by atoms with Crippen molar-refractivity contribution in [1.82, 2.24) is 15.5 Å². The number of halogens is 1. The van der Waals surface area contributed by atoms with Crippen LogP contribution >= 0.6 is 0 Å². The Kier molecular flexibility index (Phi) is 11.3. The number of carbonyl (C=O) groups excluding carboxylic acids is 2. The fourth-order valence-corrected chi connectivity index (χ4v) is 9.03. The van der Waals surface area contributed by atoms with Crippen molar-refractivity contribution >= 4 is 23.6 Å². The number of amidine groups is 1. The molecular weight excluding hydrogens is 684 g/mol. The molecule has 11 heteroatoms. The van der Waals surface area contributed by atoms with E-state index in [2.05, 4.69) is 39.5 Å². The van der Waals surface area contributed by atoms with E-state index in [1.54, 1.807) is 31.3 Å². The second kappa shape index (κ2) is 16.4. The zero-order chi connectivity index (χ0) is 37.7. The topological polar surface area (TPSA) is 119 Å². The highest BCUT2D eigenvalue weighted by molar-refractivity contribution is 5.96. The lowest BCUT2D eigenvalue weighted by atomic mass is 9.58. The van der Waals surface area contributed by atoms with Gasteiger partial charge in [-0.3, -0.25) is 4.99 Å². The SMILES string of the molecule is CC/C1=N/CC2=C[C@@H]([C@@H](OC(=O)NC)C2)[C@](c2cccc(F)c2)(C2CCN(CC3CN(c4ccc(C#N)cc4C(=O)OCc4ccccc4)C3)CC2)CN1. The average molecular weight is 733 g/mol. The van der Waals surface area contributed by atoms with Gasteiger partial charge in [0.15, 0.2) is 0 Å². The number of piperidine rings is 1. The third-order valence-electron chi connectivity index (χ3n) is 11.8. The summed E-state index contributed by atoms with van der Waals surface area (Å²) in [6.45, 7) is 7.70. The van der Waals surface area contributed by atoms with Crippen LogP contribution in [-0.2, 0) is 21.5 Å². The summed E-state index contributed by atoms with van der Waals surface area (Å²) in [5, 5.41) is 15.9. The number of likely N-dealkylation sites (tertiary alicyclic amines) is 1. The first-order valence-corrected chi connectivity index (χ1v) is 19.1. The normalized spacial score (nSPS) is 24.3. The van der Waals surface area contributed by atoms with Crippen molar-refractivity contribution in [1.29, 1.82) is 5.26 Å². The Morgan fingerprint density at radius 3 is 2.59 bits per heavy atom. The van der Waals surface area contributed by atoms with E-state index in [0.717, 1.165) is 80.2 Å². The van der Waals surface area contributed by atoms with E-state index >= 15 is 4.39 Å². The number of nitrogens with zero attached hydrogens (tertiary/aromatic N) is 4. The molecule has 2 N–H and O–H groups in total. The van der Waals surface area contributed by atoms with Crippen molar-refractivity contribution < 1.29 is 23.5 Å². The van der Waals surface area contributed by atoms with Crippen LogP contribution in [0.4, 0.5) is 14.9 Å².